The maximum Gasteiger partial charge on any atom is 0.238 e. The van der Waals surface area contributed by atoms with Gasteiger partial charge in [-0.05, 0) is 30.8 Å². The molecule has 0 spiro atoms. The average Bonchev–Trinajstić information content (AvgIpc) is 2.78. The van der Waals surface area contributed by atoms with Crippen molar-refractivity contribution in [1.29, 1.82) is 0 Å². The lowest BCUT2D eigenvalue weighted by atomic mass is 10.2. The number of nitrogens with one attached hydrogen (secondary N) is 3. The number of ether oxygens (including phenoxy) is 3. The quantitative estimate of drug-likeness (QED) is 0.474. The van der Waals surface area contributed by atoms with Gasteiger partial charge in [-0.15, -0.1) is 0 Å². The SMILES string of the molecule is CCN(CC(=O)Nc1ccc(NC(C)=O)cc1)CC(=O)Nc1cc(OC)c(OC)c(OC)c1. The molecule has 0 unspecified atom stereocenters. The summed E-state index contributed by atoms with van der Waals surface area (Å²) in [5.74, 6) is 0.542. The van der Waals surface area contributed by atoms with Crippen molar-refractivity contribution in [3.63, 3.8) is 0 Å². The Morgan fingerprint density at radius 2 is 1.21 bits per heavy atom. The van der Waals surface area contributed by atoms with E-state index in [9.17, 15) is 14.4 Å². The maximum atomic E-state index is 12.6. The molecule has 0 aliphatic rings. The first-order valence-corrected chi connectivity index (χ1v) is 10.3. The number of carbonyl (C=O) groups excluding carboxylic acids is 3. The van der Waals surface area contributed by atoms with Crippen molar-refractivity contribution in [2.45, 2.75) is 13.8 Å². The van der Waals surface area contributed by atoms with Crippen LogP contribution in [0.3, 0.4) is 0 Å². The minimum absolute atomic E-state index is 0.0159. The van der Waals surface area contributed by atoms with Gasteiger partial charge in [0.05, 0.1) is 34.4 Å². The monoisotopic (exact) mass is 458 g/mol. The van der Waals surface area contributed by atoms with Crippen molar-refractivity contribution in [3.05, 3.63) is 36.4 Å². The Balaban J connectivity index is 1.95. The molecule has 0 saturated carbocycles. The summed E-state index contributed by atoms with van der Waals surface area (Å²) >= 11 is 0. The van der Waals surface area contributed by atoms with Gasteiger partial charge in [0.15, 0.2) is 11.5 Å². The Morgan fingerprint density at radius 1 is 0.758 bits per heavy atom. The average molecular weight is 459 g/mol. The second-order valence-electron chi connectivity index (χ2n) is 7.07. The zero-order chi connectivity index (χ0) is 24.4. The predicted octanol–water partition coefficient (Wildman–Crippen LogP) is 2.57. The zero-order valence-corrected chi connectivity index (χ0v) is 19.5. The number of hydrogen-bond acceptors (Lipinski definition) is 7. The van der Waals surface area contributed by atoms with Crippen LogP contribution in [-0.4, -0.2) is 63.6 Å². The highest BCUT2D eigenvalue weighted by Gasteiger charge is 2.17. The number of carbonyl (C=O) groups is 3. The number of hydrogen-bond donors (Lipinski definition) is 3. The lowest BCUT2D eigenvalue weighted by Crippen LogP contribution is -2.38. The van der Waals surface area contributed by atoms with Gasteiger partial charge in [-0.1, -0.05) is 6.92 Å². The zero-order valence-electron chi connectivity index (χ0n) is 19.5. The van der Waals surface area contributed by atoms with Gasteiger partial charge < -0.3 is 30.2 Å². The van der Waals surface area contributed by atoms with E-state index in [4.69, 9.17) is 14.2 Å². The number of nitrogens with zero attached hydrogens (tertiary/aromatic N) is 1. The molecule has 3 N–H and O–H groups in total. The topological polar surface area (TPSA) is 118 Å². The van der Waals surface area contributed by atoms with Gasteiger partial charge in [0, 0.05) is 36.1 Å². The number of amides is 3. The van der Waals surface area contributed by atoms with E-state index in [1.54, 1.807) is 41.3 Å². The van der Waals surface area contributed by atoms with E-state index in [1.807, 2.05) is 6.92 Å². The molecular weight excluding hydrogens is 428 g/mol. The molecule has 0 radical (unpaired) electrons. The molecule has 0 fully saturated rings. The van der Waals surface area contributed by atoms with E-state index in [0.717, 1.165) is 0 Å². The first-order chi connectivity index (χ1) is 15.8. The van der Waals surface area contributed by atoms with Gasteiger partial charge in [0.2, 0.25) is 23.5 Å². The number of likely N-dealkylation sites (N-methyl/N-ethyl adjacent to an activating group) is 1. The van der Waals surface area contributed by atoms with Crippen molar-refractivity contribution >= 4 is 34.8 Å². The van der Waals surface area contributed by atoms with Crippen LogP contribution in [0.25, 0.3) is 0 Å². The summed E-state index contributed by atoms with van der Waals surface area (Å²) in [6, 6.07) is 10.0. The molecule has 2 rings (SSSR count). The molecule has 178 valence electrons. The first kappa shape index (κ1) is 25.5. The normalized spacial score (nSPS) is 10.4. The molecule has 0 aliphatic carbocycles. The third-order valence-electron chi connectivity index (χ3n) is 4.62. The second kappa shape index (κ2) is 12.3. The summed E-state index contributed by atoms with van der Waals surface area (Å²) in [6.07, 6.45) is 0. The molecule has 2 aromatic rings. The van der Waals surface area contributed by atoms with E-state index in [-0.39, 0.29) is 30.8 Å². The van der Waals surface area contributed by atoms with Gasteiger partial charge in [-0.3, -0.25) is 19.3 Å². The van der Waals surface area contributed by atoms with Gasteiger partial charge in [-0.25, -0.2) is 0 Å². The lowest BCUT2D eigenvalue weighted by Gasteiger charge is -2.20. The van der Waals surface area contributed by atoms with Crippen LogP contribution in [0.15, 0.2) is 36.4 Å². The van der Waals surface area contributed by atoms with Gasteiger partial charge in [0.25, 0.3) is 0 Å². The fourth-order valence-corrected chi connectivity index (χ4v) is 3.08. The summed E-state index contributed by atoms with van der Waals surface area (Å²) in [4.78, 5) is 37.8. The van der Waals surface area contributed by atoms with Crippen LogP contribution < -0.4 is 30.2 Å². The molecule has 0 atom stereocenters. The van der Waals surface area contributed by atoms with Gasteiger partial charge in [0.1, 0.15) is 0 Å². The third-order valence-corrected chi connectivity index (χ3v) is 4.62. The Hall–Kier alpha value is -3.79. The predicted molar refractivity (Wildman–Crippen MR) is 126 cm³/mol. The fourth-order valence-electron chi connectivity index (χ4n) is 3.08. The fraction of sp³-hybridized carbons (Fsp3) is 0.348. The lowest BCUT2D eigenvalue weighted by molar-refractivity contribution is -0.120. The van der Waals surface area contributed by atoms with Gasteiger partial charge >= 0.3 is 0 Å². The van der Waals surface area contributed by atoms with E-state index in [2.05, 4.69) is 16.0 Å². The minimum atomic E-state index is -0.293. The summed E-state index contributed by atoms with van der Waals surface area (Å²) in [5.41, 5.74) is 1.71. The van der Waals surface area contributed by atoms with Crippen molar-refractivity contribution < 1.29 is 28.6 Å². The molecule has 0 aliphatic heterocycles. The molecule has 0 aromatic heterocycles. The smallest absolute Gasteiger partial charge is 0.238 e. The van der Waals surface area contributed by atoms with Crippen molar-refractivity contribution in [2.75, 3.05) is 56.9 Å². The van der Waals surface area contributed by atoms with E-state index >= 15 is 0 Å². The molecule has 33 heavy (non-hydrogen) atoms. The summed E-state index contributed by atoms with van der Waals surface area (Å²) in [5, 5.41) is 8.23. The molecule has 2 aromatic carbocycles. The van der Waals surface area contributed by atoms with Crippen LogP contribution in [0.5, 0.6) is 17.2 Å². The Kier molecular flexibility index (Phi) is 9.49. The number of methoxy groups -OCH3 is 3. The minimum Gasteiger partial charge on any atom is -0.493 e. The number of rotatable bonds is 11. The van der Waals surface area contributed by atoms with E-state index in [0.29, 0.717) is 40.9 Å². The van der Waals surface area contributed by atoms with Crippen molar-refractivity contribution in [3.8, 4) is 17.2 Å². The highest BCUT2D eigenvalue weighted by Crippen LogP contribution is 2.39. The van der Waals surface area contributed by atoms with Crippen LogP contribution in [0.2, 0.25) is 0 Å². The molecule has 0 heterocycles. The van der Waals surface area contributed by atoms with Gasteiger partial charge in [-0.2, -0.15) is 0 Å². The largest absolute Gasteiger partial charge is 0.493 e. The molecule has 10 heteroatoms. The molecule has 0 saturated heterocycles. The Morgan fingerprint density at radius 3 is 1.61 bits per heavy atom. The second-order valence-corrected chi connectivity index (χ2v) is 7.07. The van der Waals surface area contributed by atoms with Crippen molar-refractivity contribution in [1.82, 2.24) is 4.90 Å². The van der Waals surface area contributed by atoms with Crippen LogP contribution >= 0.6 is 0 Å². The van der Waals surface area contributed by atoms with Crippen LogP contribution in [-0.2, 0) is 14.4 Å². The highest BCUT2D eigenvalue weighted by atomic mass is 16.5. The highest BCUT2D eigenvalue weighted by molar-refractivity contribution is 5.95. The summed E-state index contributed by atoms with van der Waals surface area (Å²) < 4.78 is 15.9. The number of benzene rings is 2. The van der Waals surface area contributed by atoms with Crippen molar-refractivity contribution in [2.24, 2.45) is 0 Å². The third kappa shape index (κ3) is 7.69. The van der Waals surface area contributed by atoms with Crippen LogP contribution in [0.4, 0.5) is 17.1 Å². The maximum absolute atomic E-state index is 12.6. The Labute approximate surface area is 193 Å². The Bertz CT molecular complexity index is 952. The number of anilines is 3. The summed E-state index contributed by atoms with van der Waals surface area (Å²) in [6.45, 7) is 3.83. The van der Waals surface area contributed by atoms with E-state index in [1.165, 1.54) is 28.3 Å². The molecule has 10 nitrogen and oxygen atoms in total. The van der Waals surface area contributed by atoms with Crippen LogP contribution in [0.1, 0.15) is 13.8 Å². The first-order valence-electron chi connectivity index (χ1n) is 10.3. The molecular formula is C23H30N4O6. The summed E-state index contributed by atoms with van der Waals surface area (Å²) in [7, 11) is 4.49. The van der Waals surface area contributed by atoms with E-state index < -0.39 is 0 Å². The molecule has 3 amide bonds. The van der Waals surface area contributed by atoms with Crippen LogP contribution in [0, 0.1) is 0 Å². The molecule has 0 bridgehead atoms. The standard InChI is InChI=1S/C23H30N4O6/c1-6-27(13-21(29)25-17-9-7-16(8-10-17)24-15(2)28)14-22(30)26-18-11-19(31-3)23(33-5)20(12-18)32-4/h7-12H,6,13-14H2,1-5H3,(H,24,28)(H,25,29)(H,26,30).